The van der Waals surface area contributed by atoms with Crippen LogP contribution in [-0.4, -0.2) is 28.6 Å². The van der Waals surface area contributed by atoms with Crippen LogP contribution in [-0.2, 0) is 4.79 Å². The summed E-state index contributed by atoms with van der Waals surface area (Å²) in [6.45, 7) is 2.55. The van der Waals surface area contributed by atoms with Crippen molar-refractivity contribution in [3.63, 3.8) is 0 Å². The maximum atomic E-state index is 10.9. The first kappa shape index (κ1) is 12.9. The number of carboxylic acids is 1. The standard InChI is InChI=1S/C16H18N2O2/c1-11-10-15(13-4-2-3-5-14(13)17-11)18(12-6-7-12)9-8-16(19)20/h2-5,10,12H,6-9H2,1H3,(H,19,20). The number of rotatable bonds is 5. The van der Waals surface area contributed by atoms with E-state index < -0.39 is 5.97 Å². The van der Waals surface area contributed by atoms with Crippen LogP contribution in [0.3, 0.4) is 0 Å². The zero-order valence-corrected chi connectivity index (χ0v) is 11.5. The zero-order chi connectivity index (χ0) is 14.1. The molecule has 20 heavy (non-hydrogen) atoms. The Morgan fingerprint density at radius 2 is 2.15 bits per heavy atom. The van der Waals surface area contributed by atoms with E-state index in [2.05, 4.69) is 22.0 Å². The molecule has 0 spiro atoms. The van der Waals surface area contributed by atoms with Gasteiger partial charge in [-0.2, -0.15) is 0 Å². The lowest BCUT2D eigenvalue weighted by atomic mass is 10.1. The molecular weight excluding hydrogens is 252 g/mol. The number of hydrogen-bond acceptors (Lipinski definition) is 3. The molecule has 0 bridgehead atoms. The van der Waals surface area contributed by atoms with Gasteiger partial charge in [-0.25, -0.2) is 0 Å². The van der Waals surface area contributed by atoms with Gasteiger partial charge in [0.1, 0.15) is 0 Å². The predicted molar refractivity (Wildman–Crippen MR) is 79.1 cm³/mol. The van der Waals surface area contributed by atoms with E-state index in [9.17, 15) is 4.79 Å². The maximum absolute atomic E-state index is 10.9. The summed E-state index contributed by atoms with van der Waals surface area (Å²) in [5, 5.41) is 10.0. The Morgan fingerprint density at radius 1 is 1.40 bits per heavy atom. The first-order valence-corrected chi connectivity index (χ1v) is 7.00. The molecule has 1 aliphatic rings. The smallest absolute Gasteiger partial charge is 0.305 e. The number of para-hydroxylation sites is 1. The van der Waals surface area contributed by atoms with E-state index >= 15 is 0 Å². The van der Waals surface area contributed by atoms with E-state index in [1.807, 2.05) is 25.1 Å². The molecule has 0 unspecified atom stereocenters. The second-order valence-corrected chi connectivity index (χ2v) is 5.37. The summed E-state index contributed by atoms with van der Waals surface area (Å²) in [6.07, 6.45) is 2.47. The molecule has 1 aromatic carbocycles. The van der Waals surface area contributed by atoms with Crippen molar-refractivity contribution in [1.82, 2.24) is 4.98 Å². The fourth-order valence-corrected chi connectivity index (χ4v) is 2.63. The molecule has 1 saturated carbocycles. The third-order valence-electron chi connectivity index (χ3n) is 3.69. The minimum absolute atomic E-state index is 0.173. The van der Waals surface area contributed by atoms with Crippen molar-refractivity contribution in [3.8, 4) is 0 Å². The molecule has 2 aromatic rings. The number of pyridine rings is 1. The number of benzene rings is 1. The number of carboxylic acid groups (broad SMARTS) is 1. The number of hydrogen-bond donors (Lipinski definition) is 1. The number of aromatic nitrogens is 1. The highest BCUT2D eigenvalue weighted by Crippen LogP contribution is 2.35. The van der Waals surface area contributed by atoms with Gasteiger partial charge in [0.25, 0.3) is 0 Å². The van der Waals surface area contributed by atoms with E-state index in [-0.39, 0.29) is 6.42 Å². The molecule has 1 heterocycles. The van der Waals surface area contributed by atoms with Crippen molar-refractivity contribution in [2.45, 2.75) is 32.2 Å². The van der Waals surface area contributed by atoms with Crippen LogP contribution in [0.1, 0.15) is 25.0 Å². The number of carbonyl (C=O) groups is 1. The Hall–Kier alpha value is -2.10. The van der Waals surface area contributed by atoms with Crippen LogP contribution in [0.5, 0.6) is 0 Å². The van der Waals surface area contributed by atoms with Crippen LogP contribution in [0, 0.1) is 6.92 Å². The van der Waals surface area contributed by atoms with Crippen molar-refractivity contribution in [2.75, 3.05) is 11.4 Å². The summed E-state index contributed by atoms with van der Waals surface area (Å²) in [5.74, 6) is -0.745. The number of fused-ring (bicyclic) bond motifs is 1. The first-order chi connectivity index (χ1) is 9.65. The molecule has 1 aromatic heterocycles. The molecule has 0 saturated heterocycles. The summed E-state index contributed by atoms with van der Waals surface area (Å²) in [7, 11) is 0. The third kappa shape index (κ3) is 2.59. The van der Waals surface area contributed by atoms with Crippen LogP contribution in [0.15, 0.2) is 30.3 Å². The normalized spacial score (nSPS) is 14.4. The predicted octanol–water partition coefficient (Wildman–Crippen LogP) is 2.99. The van der Waals surface area contributed by atoms with Gasteiger partial charge in [0, 0.05) is 29.4 Å². The summed E-state index contributed by atoms with van der Waals surface area (Å²) in [6, 6.07) is 10.6. The first-order valence-electron chi connectivity index (χ1n) is 7.00. The van der Waals surface area contributed by atoms with Gasteiger partial charge in [0.2, 0.25) is 0 Å². The fourth-order valence-electron chi connectivity index (χ4n) is 2.63. The van der Waals surface area contributed by atoms with Gasteiger partial charge in [0.05, 0.1) is 11.9 Å². The number of anilines is 1. The van der Waals surface area contributed by atoms with Crippen LogP contribution in [0.2, 0.25) is 0 Å². The van der Waals surface area contributed by atoms with Gasteiger partial charge < -0.3 is 10.0 Å². The Kier molecular flexibility index (Phi) is 3.30. The topological polar surface area (TPSA) is 53.4 Å². The minimum atomic E-state index is -0.745. The Morgan fingerprint density at radius 3 is 2.85 bits per heavy atom. The van der Waals surface area contributed by atoms with Gasteiger partial charge in [-0.05, 0) is 31.9 Å². The van der Waals surface area contributed by atoms with Gasteiger partial charge in [-0.15, -0.1) is 0 Å². The highest BCUT2D eigenvalue weighted by Gasteiger charge is 2.30. The van der Waals surface area contributed by atoms with E-state index in [4.69, 9.17) is 5.11 Å². The van der Waals surface area contributed by atoms with Crippen molar-refractivity contribution >= 4 is 22.6 Å². The molecule has 3 rings (SSSR count). The largest absolute Gasteiger partial charge is 0.481 e. The molecule has 1 N–H and O–H groups in total. The van der Waals surface area contributed by atoms with E-state index in [1.165, 1.54) is 0 Å². The van der Waals surface area contributed by atoms with Gasteiger partial charge in [0.15, 0.2) is 0 Å². The lowest BCUT2D eigenvalue weighted by molar-refractivity contribution is -0.136. The average Bonchev–Trinajstić information content (AvgIpc) is 3.23. The molecule has 1 fully saturated rings. The van der Waals surface area contributed by atoms with Crippen LogP contribution in [0.25, 0.3) is 10.9 Å². The minimum Gasteiger partial charge on any atom is -0.481 e. The van der Waals surface area contributed by atoms with Gasteiger partial charge >= 0.3 is 5.97 Å². The van der Waals surface area contributed by atoms with E-state index in [1.54, 1.807) is 0 Å². The third-order valence-corrected chi connectivity index (χ3v) is 3.69. The molecule has 0 atom stereocenters. The Labute approximate surface area is 118 Å². The lowest BCUT2D eigenvalue weighted by Gasteiger charge is -2.25. The number of nitrogens with zero attached hydrogens (tertiary/aromatic N) is 2. The number of aliphatic carboxylic acids is 1. The van der Waals surface area contributed by atoms with Gasteiger partial charge in [-0.1, -0.05) is 18.2 Å². The second-order valence-electron chi connectivity index (χ2n) is 5.37. The quantitative estimate of drug-likeness (QED) is 0.907. The summed E-state index contributed by atoms with van der Waals surface area (Å²) >= 11 is 0. The molecule has 0 amide bonds. The Bertz CT molecular complexity index is 650. The summed E-state index contributed by atoms with van der Waals surface area (Å²) < 4.78 is 0. The highest BCUT2D eigenvalue weighted by atomic mass is 16.4. The molecular formula is C16H18N2O2. The molecule has 4 heteroatoms. The molecule has 4 nitrogen and oxygen atoms in total. The highest BCUT2D eigenvalue weighted by molar-refractivity contribution is 5.92. The second kappa shape index (κ2) is 5.12. The van der Waals surface area contributed by atoms with Crippen molar-refractivity contribution in [3.05, 3.63) is 36.0 Å². The average molecular weight is 270 g/mol. The molecule has 1 aliphatic carbocycles. The van der Waals surface area contributed by atoms with E-state index in [0.29, 0.717) is 12.6 Å². The molecule has 0 aliphatic heterocycles. The zero-order valence-electron chi connectivity index (χ0n) is 11.5. The molecule has 104 valence electrons. The van der Waals surface area contributed by atoms with Crippen molar-refractivity contribution in [1.29, 1.82) is 0 Å². The summed E-state index contributed by atoms with van der Waals surface area (Å²) in [4.78, 5) is 17.7. The number of aryl methyl sites for hydroxylation is 1. The summed E-state index contributed by atoms with van der Waals surface area (Å²) in [5.41, 5.74) is 3.07. The van der Waals surface area contributed by atoms with Crippen LogP contribution in [0.4, 0.5) is 5.69 Å². The monoisotopic (exact) mass is 270 g/mol. The van der Waals surface area contributed by atoms with E-state index in [0.717, 1.165) is 35.1 Å². The lowest BCUT2D eigenvalue weighted by Crippen LogP contribution is -2.28. The Balaban J connectivity index is 2.03. The van der Waals surface area contributed by atoms with Crippen molar-refractivity contribution in [2.24, 2.45) is 0 Å². The fraction of sp³-hybridized carbons (Fsp3) is 0.375. The maximum Gasteiger partial charge on any atom is 0.305 e. The SMILES string of the molecule is Cc1cc(N(CCC(=O)O)C2CC2)c2ccccc2n1. The van der Waals surface area contributed by atoms with Crippen molar-refractivity contribution < 1.29 is 9.90 Å². The van der Waals surface area contributed by atoms with Crippen LogP contribution < -0.4 is 4.90 Å². The molecule has 0 radical (unpaired) electrons. The van der Waals surface area contributed by atoms with Gasteiger partial charge in [-0.3, -0.25) is 9.78 Å². The van der Waals surface area contributed by atoms with Crippen LogP contribution >= 0.6 is 0 Å².